The molecule has 9 heteroatoms. The van der Waals surface area contributed by atoms with Gasteiger partial charge in [-0.1, -0.05) is 36.4 Å². The van der Waals surface area contributed by atoms with Gasteiger partial charge in [-0.25, -0.2) is 4.98 Å². The third-order valence-corrected chi connectivity index (χ3v) is 5.44. The van der Waals surface area contributed by atoms with E-state index in [1.165, 1.54) is 7.11 Å². The molecule has 2 aromatic heterocycles. The molecule has 172 valence electrons. The molecule has 0 bridgehead atoms. The van der Waals surface area contributed by atoms with Crippen LogP contribution in [0.4, 0.5) is 5.69 Å². The Kier molecular flexibility index (Phi) is 6.60. The minimum atomic E-state index is -0.362. The van der Waals surface area contributed by atoms with Crippen molar-refractivity contribution >= 4 is 39.9 Å². The topological polar surface area (TPSA) is 109 Å². The van der Waals surface area contributed by atoms with E-state index in [9.17, 15) is 9.59 Å². The molecule has 3 N–H and O–H groups in total. The molecule has 0 aliphatic rings. The summed E-state index contributed by atoms with van der Waals surface area (Å²) in [6.07, 6.45) is 1.56. The normalized spacial score (nSPS) is 10.7. The van der Waals surface area contributed by atoms with Crippen LogP contribution in [0.15, 0.2) is 66.1 Å². The summed E-state index contributed by atoms with van der Waals surface area (Å²) in [6, 6.07) is 14.4. The number of aryl methyl sites for hydroxylation is 1. The van der Waals surface area contributed by atoms with Gasteiger partial charge >= 0.3 is 6.01 Å². The number of H-pyrrole nitrogens is 1. The number of halogens is 1. The molecular weight excluding hydrogens is 454 g/mol. The summed E-state index contributed by atoms with van der Waals surface area (Å²) in [7, 11) is 1.45. The van der Waals surface area contributed by atoms with E-state index in [-0.39, 0.29) is 17.5 Å². The van der Waals surface area contributed by atoms with E-state index in [1.54, 1.807) is 36.5 Å². The van der Waals surface area contributed by atoms with Crippen LogP contribution in [0, 0.1) is 6.92 Å². The lowest BCUT2D eigenvalue weighted by molar-refractivity contribution is 0.0951. The van der Waals surface area contributed by atoms with Gasteiger partial charge in [-0.3, -0.25) is 9.59 Å². The van der Waals surface area contributed by atoms with Gasteiger partial charge in [-0.2, -0.15) is 4.98 Å². The highest BCUT2D eigenvalue weighted by atomic mass is 35.5. The van der Waals surface area contributed by atoms with Crippen LogP contribution in [-0.4, -0.2) is 28.0 Å². The number of rotatable bonds is 7. The zero-order valence-corrected chi connectivity index (χ0v) is 19.4. The van der Waals surface area contributed by atoms with Crippen LogP contribution in [0.5, 0.6) is 6.01 Å². The second-order valence-corrected chi connectivity index (χ2v) is 8.06. The molecule has 34 heavy (non-hydrogen) atoms. The highest BCUT2D eigenvalue weighted by Gasteiger charge is 2.12. The van der Waals surface area contributed by atoms with Gasteiger partial charge in [0.2, 0.25) is 0 Å². The van der Waals surface area contributed by atoms with Crippen LogP contribution in [-0.2, 0) is 6.54 Å². The Balaban J connectivity index is 1.53. The van der Waals surface area contributed by atoms with Crippen molar-refractivity contribution in [1.29, 1.82) is 0 Å². The summed E-state index contributed by atoms with van der Waals surface area (Å²) in [5, 5.41) is 7.28. The average Bonchev–Trinajstić information content (AvgIpc) is 2.83. The minimum absolute atomic E-state index is 0.161. The molecule has 8 nitrogen and oxygen atoms in total. The maximum absolute atomic E-state index is 12.7. The number of aromatic amines is 1. The third-order valence-electron chi connectivity index (χ3n) is 5.21. The van der Waals surface area contributed by atoms with Gasteiger partial charge in [-0.15, -0.1) is 0 Å². The molecule has 2 heterocycles. The first kappa shape index (κ1) is 23.0. The SMILES string of the molecule is C=C(Nc1cc(C(=O)NCc2cccc(Cl)c2)ccc1C)c1cc2cnc(OC)nc2[nH]c1=O. The van der Waals surface area contributed by atoms with Gasteiger partial charge < -0.3 is 20.4 Å². The van der Waals surface area contributed by atoms with Gasteiger partial charge in [0.1, 0.15) is 5.65 Å². The van der Waals surface area contributed by atoms with Crippen molar-refractivity contribution < 1.29 is 9.53 Å². The fourth-order valence-electron chi connectivity index (χ4n) is 3.36. The van der Waals surface area contributed by atoms with E-state index >= 15 is 0 Å². The molecule has 0 saturated heterocycles. The zero-order valence-electron chi connectivity index (χ0n) is 18.6. The first-order valence-corrected chi connectivity index (χ1v) is 10.8. The number of anilines is 1. The number of fused-ring (bicyclic) bond motifs is 1. The molecule has 0 unspecified atom stereocenters. The summed E-state index contributed by atoms with van der Waals surface area (Å²) >= 11 is 6.00. The number of amides is 1. The largest absolute Gasteiger partial charge is 0.467 e. The quantitative estimate of drug-likeness (QED) is 0.367. The minimum Gasteiger partial charge on any atom is -0.467 e. The highest BCUT2D eigenvalue weighted by Crippen LogP contribution is 2.22. The van der Waals surface area contributed by atoms with Crippen LogP contribution in [0.3, 0.4) is 0 Å². The molecule has 0 aliphatic heterocycles. The van der Waals surface area contributed by atoms with Crippen LogP contribution in [0.2, 0.25) is 5.02 Å². The fourth-order valence-corrected chi connectivity index (χ4v) is 3.57. The Morgan fingerprint density at radius 1 is 1.21 bits per heavy atom. The van der Waals surface area contributed by atoms with E-state index in [1.807, 2.05) is 25.1 Å². The number of carbonyl (C=O) groups is 1. The number of aromatic nitrogens is 3. The molecule has 2 aromatic carbocycles. The molecule has 0 spiro atoms. The predicted molar refractivity (Wildman–Crippen MR) is 133 cm³/mol. The van der Waals surface area contributed by atoms with Gasteiger partial charge in [0.25, 0.3) is 11.5 Å². The summed E-state index contributed by atoms with van der Waals surface area (Å²) in [4.78, 5) is 36.3. The predicted octanol–water partition coefficient (Wildman–Crippen LogP) is 4.30. The van der Waals surface area contributed by atoms with Crippen molar-refractivity contribution in [3.8, 4) is 6.01 Å². The van der Waals surface area contributed by atoms with Crippen molar-refractivity contribution in [2.75, 3.05) is 12.4 Å². The molecule has 0 radical (unpaired) electrons. The summed E-state index contributed by atoms with van der Waals surface area (Å²) in [5.41, 5.74) is 3.62. The molecule has 0 atom stereocenters. The molecule has 0 fully saturated rings. The maximum atomic E-state index is 12.7. The van der Waals surface area contributed by atoms with Crippen molar-refractivity contribution in [1.82, 2.24) is 20.3 Å². The second-order valence-electron chi connectivity index (χ2n) is 7.62. The number of carbonyl (C=O) groups excluding carboxylic acids is 1. The van der Waals surface area contributed by atoms with Gasteiger partial charge in [0, 0.05) is 40.1 Å². The standard InChI is InChI=1S/C25H22ClN5O3/c1-14-7-8-17(23(32)27-12-16-5-4-6-19(26)9-16)11-21(14)29-15(2)20-10-18-13-28-25(34-3)31-22(18)30-24(20)33/h4-11,13,29H,2,12H2,1,3H3,(H,27,32)(H,28,30,31,33). The van der Waals surface area contributed by atoms with Crippen molar-refractivity contribution in [3.63, 3.8) is 0 Å². The number of nitrogens with one attached hydrogen (secondary N) is 3. The molecule has 4 rings (SSSR count). The number of pyridine rings is 1. The molecule has 4 aromatic rings. The Labute approximate surface area is 200 Å². The molecule has 0 saturated carbocycles. The smallest absolute Gasteiger partial charge is 0.318 e. The molecular formula is C25H22ClN5O3. The van der Waals surface area contributed by atoms with E-state index in [2.05, 4.69) is 32.2 Å². The van der Waals surface area contributed by atoms with E-state index in [0.29, 0.717) is 45.1 Å². The Morgan fingerprint density at radius 2 is 2.03 bits per heavy atom. The van der Waals surface area contributed by atoms with Gasteiger partial charge in [-0.05, 0) is 48.4 Å². The number of hydrogen-bond donors (Lipinski definition) is 3. The lowest BCUT2D eigenvalue weighted by atomic mass is 10.1. The number of nitrogens with zero attached hydrogens (tertiary/aromatic N) is 2. The zero-order chi connectivity index (χ0) is 24.2. The number of hydrogen-bond acceptors (Lipinski definition) is 6. The number of methoxy groups -OCH3 is 1. The van der Waals surface area contributed by atoms with Crippen LogP contribution < -0.4 is 20.9 Å². The van der Waals surface area contributed by atoms with Gasteiger partial charge in [0.15, 0.2) is 0 Å². The average molecular weight is 476 g/mol. The maximum Gasteiger partial charge on any atom is 0.318 e. The van der Waals surface area contributed by atoms with Gasteiger partial charge in [0.05, 0.1) is 12.7 Å². The van der Waals surface area contributed by atoms with Crippen LogP contribution in [0.25, 0.3) is 16.7 Å². The summed E-state index contributed by atoms with van der Waals surface area (Å²) in [6.45, 7) is 6.26. The Bertz CT molecular complexity index is 1460. The monoisotopic (exact) mass is 475 g/mol. The lowest BCUT2D eigenvalue weighted by Crippen LogP contribution is -2.23. The van der Waals surface area contributed by atoms with Crippen LogP contribution >= 0.6 is 11.6 Å². The van der Waals surface area contributed by atoms with Crippen molar-refractivity contribution in [3.05, 3.63) is 98.9 Å². The fraction of sp³-hybridized carbons (Fsp3) is 0.120. The summed E-state index contributed by atoms with van der Waals surface area (Å²) < 4.78 is 5.00. The van der Waals surface area contributed by atoms with Crippen molar-refractivity contribution in [2.24, 2.45) is 0 Å². The number of ether oxygens (including phenoxy) is 1. The van der Waals surface area contributed by atoms with Crippen molar-refractivity contribution in [2.45, 2.75) is 13.5 Å². The van der Waals surface area contributed by atoms with E-state index in [0.717, 1.165) is 11.1 Å². The van der Waals surface area contributed by atoms with Crippen LogP contribution in [0.1, 0.15) is 27.0 Å². The van der Waals surface area contributed by atoms with E-state index < -0.39 is 0 Å². The second kappa shape index (κ2) is 9.76. The lowest BCUT2D eigenvalue weighted by Gasteiger charge is -2.14. The highest BCUT2D eigenvalue weighted by molar-refractivity contribution is 6.30. The number of benzene rings is 2. The van der Waals surface area contributed by atoms with E-state index in [4.69, 9.17) is 16.3 Å². The Morgan fingerprint density at radius 3 is 2.79 bits per heavy atom. The third kappa shape index (κ3) is 5.07. The first-order chi connectivity index (χ1) is 16.3. The Hall–Kier alpha value is -4.17. The molecule has 0 aliphatic carbocycles. The molecule has 1 amide bonds. The first-order valence-electron chi connectivity index (χ1n) is 10.4. The summed E-state index contributed by atoms with van der Waals surface area (Å²) in [5.74, 6) is -0.233.